The van der Waals surface area contributed by atoms with Crippen LogP contribution in [0.5, 0.6) is 0 Å². The molecule has 1 rings (SSSR count). The van der Waals surface area contributed by atoms with E-state index in [9.17, 15) is 26.7 Å². The second-order valence-corrected chi connectivity index (χ2v) is 3.48. The molecule has 19 heavy (non-hydrogen) atoms. The molecule has 0 aliphatic carbocycles. The number of aliphatic hydroxyl groups excluding tert-OH is 2. The zero-order valence-corrected chi connectivity index (χ0v) is 9.18. The summed E-state index contributed by atoms with van der Waals surface area (Å²) < 4.78 is 64.8. The number of carbonyl (C=O) groups is 1. The van der Waals surface area contributed by atoms with E-state index in [2.05, 4.69) is 0 Å². The first kappa shape index (κ1) is 15.3. The van der Waals surface area contributed by atoms with Crippen LogP contribution in [-0.4, -0.2) is 35.4 Å². The van der Waals surface area contributed by atoms with E-state index in [0.29, 0.717) is 0 Å². The first-order valence-corrected chi connectivity index (χ1v) is 4.89. The van der Waals surface area contributed by atoms with E-state index >= 15 is 0 Å². The molecular formula is C10H8F5NO3. The molecule has 0 radical (unpaired) electrons. The Kier molecular flexibility index (Phi) is 4.78. The second-order valence-electron chi connectivity index (χ2n) is 3.48. The van der Waals surface area contributed by atoms with Gasteiger partial charge in [0.2, 0.25) is 5.82 Å². The van der Waals surface area contributed by atoms with Gasteiger partial charge < -0.3 is 15.5 Å². The van der Waals surface area contributed by atoms with Crippen LogP contribution in [-0.2, 0) is 0 Å². The van der Waals surface area contributed by atoms with E-state index in [1.54, 1.807) is 5.32 Å². The molecule has 3 N–H and O–H groups in total. The summed E-state index contributed by atoms with van der Waals surface area (Å²) in [7, 11) is 0. The predicted molar refractivity (Wildman–Crippen MR) is 51.7 cm³/mol. The Hall–Kier alpha value is -1.74. The van der Waals surface area contributed by atoms with Crippen LogP contribution in [0.2, 0.25) is 0 Å². The van der Waals surface area contributed by atoms with E-state index in [1.807, 2.05) is 0 Å². The van der Waals surface area contributed by atoms with Gasteiger partial charge in [0.25, 0.3) is 5.91 Å². The highest BCUT2D eigenvalue weighted by Gasteiger charge is 2.30. The average molecular weight is 285 g/mol. The lowest BCUT2D eigenvalue weighted by molar-refractivity contribution is 0.0867. The summed E-state index contributed by atoms with van der Waals surface area (Å²) in [4.78, 5) is 11.4. The van der Waals surface area contributed by atoms with Crippen molar-refractivity contribution in [3.8, 4) is 0 Å². The number of carbonyl (C=O) groups excluding carboxylic acids is 1. The van der Waals surface area contributed by atoms with Crippen molar-refractivity contribution in [1.29, 1.82) is 0 Å². The number of hydrogen-bond acceptors (Lipinski definition) is 3. The van der Waals surface area contributed by atoms with Crippen LogP contribution in [0, 0.1) is 29.1 Å². The van der Waals surface area contributed by atoms with Gasteiger partial charge in [0.15, 0.2) is 23.3 Å². The molecule has 0 fully saturated rings. The zero-order valence-electron chi connectivity index (χ0n) is 9.18. The molecule has 0 heterocycles. The highest BCUT2D eigenvalue weighted by Crippen LogP contribution is 2.22. The molecule has 0 aliphatic rings. The van der Waals surface area contributed by atoms with Gasteiger partial charge in [-0.3, -0.25) is 4.79 Å². The third kappa shape index (κ3) is 2.82. The molecule has 0 aromatic heterocycles. The van der Waals surface area contributed by atoms with Crippen molar-refractivity contribution < 1.29 is 37.0 Å². The van der Waals surface area contributed by atoms with Crippen molar-refractivity contribution >= 4 is 5.91 Å². The normalized spacial score (nSPS) is 10.9. The summed E-state index contributed by atoms with van der Waals surface area (Å²) in [5, 5.41) is 19.0. The molecule has 4 nitrogen and oxygen atoms in total. The molecule has 0 saturated carbocycles. The third-order valence-corrected chi connectivity index (χ3v) is 2.21. The first-order chi connectivity index (χ1) is 8.84. The summed E-state index contributed by atoms with van der Waals surface area (Å²) >= 11 is 0. The van der Waals surface area contributed by atoms with Crippen molar-refractivity contribution in [3.63, 3.8) is 0 Å². The predicted octanol–water partition coefficient (Wildman–Crippen LogP) is 0.465. The number of amides is 1. The molecule has 0 bridgehead atoms. The average Bonchev–Trinajstić information content (AvgIpc) is 2.40. The lowest BCUT2D eigenvalue weighted by atomic mass is 10.1. The molecule has 1 aromatic rings. The fraction of sp³-hybridized carbons (Fsp3) is 0.300. The van der Waals surface area contributed by atoms with Gasteiger partial charge in [-0.15, -0.1) is 0 Å². The minimum Gasteiger partial charge on any atom is -0.394 e. The van der Waals surface area contributed by atoms with Gasteiger partial charge in [-0.25, -0.2) is 22.0 Å². The number of nitrogens with one attached hydrogen (secondary N) is 1. The summed E-state index contributed by atoms with van der Waals surface area (Å²) in [6, 6.07) is -1.29. The third-order valence-electron chi connectivity index (χ3n) is 2.21. The Morgan fingerprint density at radius 2 is 1.26 bits per heavy atom. The maximum atomic E-state index is 13.2. The molecule has 0 aliphatic heterocycles. The molecule has 9 heteroatoms. The zero-order chi connectivity index (χ0) is 14.7. The van der Waals surface area contributed by atoms with E-state index in [1.165, 1.54) is 0 Å². The molecule has 1 amide bonds. The number of aliphatic hydroxyl groups is 2. The van der Waals surface area contributed by atoms with Gasteiger partial charge in [-0.05, 0) is 0 Å². The minimum atomic E-state index is -2.38. The minimum absolute atomic E-state index is 0.780. The monoisotopic (exact) mass is 285 g/mol. The Morgan fingerprint density at radius 3 is 1.63 bits per heavy atom. The van der Waals surface area contributed by atoms with Gasteiger partial charge >= 0.3 is 0 Å². The van der Waals surface area contributed by atoms with Crippen LogP contribution in [0.1, 0.15) is 10.4 Å². The smallest absolute Gasteiger partial charge is 0.257 e. The van der Waals surface area contributed by atoms with Crippen LogP contribution in [0.15, 0.2) is 0 Å². The standard InChI is InChI=1S/C10H8F5NO3/c11-5-4(10(19)16-3(1-17)2-18)6(12)8(14)9(15)7(5)13/h3,17-18H,1-2H2,(H,16,19). The largest absolute Gasteiger partial charge is 0.394 e. The van der Waals surface area contributed by atoms with E-state index in [-0.39, 0.29) is 0 Å². The van der Waals surface area contributed by atoms with Gasteiger partial charge in [0.1, 0.15) is 5.56 Å². The van der Waals surface area contributed by atoms with Crippen LogP contribution < -0.4 is 5.32 Å². The highest BCUT2D eigenvalue weighted by atomic mass is 19.2. The quantitative estimate of drug-likeness (QED) is 0.428. The number of hydrogen-bond donors (Lipinski definition) is 3. The van der Waals surface area contributed by atoms with Gasteiger partial charge in [0.05, 0.1) is 19.3 Å². The molecule has 0 spiro atoms. The molecule has 0 atom stereocenters. The first-order valence-electron chi connectivity index (χ1n) is 4.89. The maximum absolute atomic E-state index is 13.2. The van der Waals surface area contributed by atoms with Gasteiger partial charge in [-0.2, -0.15) is 0 Å². The Balaban J connectivity index is 3.24. The lowest BCUT2D eigenvalue weighted by Gasteiger charge is -2.14. The van der Waals surface area contributed by atoms with Crippen molar-refractivity contribution in [2.75, 3.05) is 13.2 Å². The molecule has 0 saturated heterocycles. The summed E-state index contributed by atoms with van der Waals surface area (Å²) in [5.74, 6) is -13.1. The fourth-order valence-corrected chi connectivity index (χ4v) is 1.21. The topological polar surface area (TPSA) is 69.6 Å². The van der Waals surface area contributed by atoms with Crippen LogP contribution in [0.3, 0.4) is 0 Å². The van der Waals surface area contributed by atoms with E-state index in [4.69, 9.17) is 10.2 Å². The van der Waals surface area contributed by atoms with Crippen LogP contribution in [0.4, 0.5) is 22.0 Å². The fourth-order valence-electron chi connectivity index (χ4n) is 1.21. The Bertz CT molecular complexity index is 475. The number of rotatable bonds is 4. The molecule has 0 unspecified atom stereocenters. The molecular weight excluding hydrogens is 277 g/mol. The Morgan fingerprint density at radius 1 is 0.895 bits per heavy atom. The summed E-state index contributed by atoms with van der Waals surface area (Å²) in [6.07, 6.45) is 0. The number of halogens is 5. The van der Waals surface area contributed by atoms with Gasteiger partial charge in [-0.1, -0.05) is 0 Å². The van der Waals surface area contributed by atoms with E-state index in [0.717, 1.165) is 0 Å². The second kappa shape index (κ2) is 5.93. The van der Waals surface area contributed by atoms with Crippen molar-refractivity contribution in [2.45, 2.75) is 6.04 Å². The van der Waals surface area contributed by atoms with E-state index < -0.39 is 59.8 Å². The SMILES string of the molecule is O=C(NC(CO)CO)c1c(F)c(F)c(F)c(F)c1F. The van der Waals surface area contributed by atoms with Crippen molar-refractivity contribution in [2.24, 2.45) is 0 Å². The number of benzene rings is 1. The van der Waals surface area contributed by atoms with Crippen molar-refractivity contribution in [1.82, 2.24) is 5.32 Å². The molecule has 106 valence electrons. The molecule has 1 aromatic carbocycles. The van der Waals surface area contributed by atoms with Gasteiger partial charge in [0, 0.05) is 0 Å². The maximum Gasteiger partial charge on any atom is 0.257 e. The Labute approximate surface area is 103 Å². The lowest BCUT2D eigenvalue weighted by Crippen LogP contribution is -2.41. The van der Waals surface area contributed by atoms with Crippen LogP contribution in [0.25, 0.3) is 0 Å². The van der Waals surface area contributed by atoms with Crippen molar-refractivity contribution in [3.05, 3.63) is 34.6 Å². The van der Waals surface area contributed by atoms with Crippen LogP contribution >= 0.6 is 0 Å². The highest BCUT2D eigenvalue weighted by molar-refractivity contribution is 5.95. The summed E-state index contributed by atoms with van der Waals surface area (Å²) in [5.41, 5.74) is -1.68. The summed E-state index contributed by atoms with van der Waals surface area (Å²) in [6.45, 7) is -1.56.